The number of rotatable bonds is 6. The monoisotopic (exact) mass is 273 g/mol. The van der Waals surface area contributed by atoms with E-state index in [-0.39, 0.29) is 0 Å². The Bertz CT molecular complexity index is 305. The van der Waals surface area contributed by atoms with Gasteiger partial charge in [0.1, 0.15) is 6.61 Å². The molecule has 0 spiro atoms. The van der Waals surface area contributed by atoms with Crippen LogP contribution in [0, 0.1) is 6.92 Å². The highest BCUT2D eigenvalue weighted by atomic mass is 79.9. The van der Waals surface area contributed by atoms with Crippen molar-refractivity contribution in [1.29, 1.82) is 0 Å². The lowest BCUT2D eigenvalue weighted by Gasteiger charge is -2.07. The largest absolute Gasteiger partial charge is 0.474 e. The highest BCUT2D eigenvalue weighted by Gasteiger charge is 2.02. The van der Waals surface area contributed by atoms with Crippen molar-refractivity contribution in [3.05, 3.63) is 22.3 Å². The van der Waals surface area contributed by atoms with Crippen LogP contribution in [-0.4, -0.2) is 24.8 Å². The van der Waals surface area contributed by atoms with E-state index in [0.29, 0.717) is 19.1 Å². The van der Waals surface area contributed by atoms with Crippen molar-refractivity contribution in [1.82, 2.24) is 4.98 Å². The lowest BCUT2D eigenvalue weighted by Crippen LogP contribution is -2.08. The topological polar surface area (TPSA) is 31.4 Å². The van der Waals surface area contributed by atoms with Crippen LogP contribution >= 0.6 is 15.9 Å². The van der Waals surface area contributed by atoms with Crippen molar-refractivity contribution in [2.75, 3.05) is 19.8 Å². The normalized spacial score (nSPS) is 10.3. The summed E-state index contributed by atoms with van der Waals surface area (Å²) in [4.78, 5) is 4.17. The maximum absolute atomic E-state index is 5.46. The molecule has 15 heavy (non-hydrogen) atoms. The molecule has 0 aliphatic carbocycles. The molecule has 0 aliphatic heterocycles. The molecular weight excluding hydrogens is 258 g/mol. The van der Waals surface area contributed by atoms with Gasteiger partial charge in [-0.25, -0.2) is 4.98 Å². The van der Waals surface area contributed by atoms with E-state index >= 15 is 0 Å². The van der Waals surface area contributed by atoms with Gasteiger partial charge in [-0.15, -0.1) is 0 Å². The molecule has 84 valence electrons. The molecule has 0 fully saturated rings. The van der Waals surface area contributed by atoms with Gasteiger partial charge in [0.05, 0.1) is 11.1 Å². The number of nitrogens with zero attached hydrogens (tertiary/aromatic N) is 1. The van der Waals surface area contributed by atoms with Crippen molar-refractivity contribution in [2.24, 2.45) is 0 Å². The molecule has 0 saturated carbocycles. The predicted octanol–water partition coefficient (Wildman–Crippen LogP) is 2.96. The van der Waals surface area contributed by atoms with Gasteiger partial charge in [0.2, 0.25) is 5.88 Å². The van der Waals surface area contributed by atoms with Crippen LogP contribution in [0.3, 0.4) is 0 Å². The second-order valence-electron chi connectivity index (χ2n) is 3.26. The molecule has 1 heterocycles. The Hall–Kier alpha value is -0.610. The van der Waals surface area contributed by atoms with E-state index in [1.807, 2.05) is 13.0 Å². The highest BCUT2D eigenvalue weighted by molar-refractivity contribution is 9.10. The highest BCUT2D eigenvalue weighted by Crippen LogP contribution is 2.22. The van der Waals surface area contributed by atoms with Crippen molar-refractivity contribution in [3.63, 3.8) is 0 Å². The molecule has 0 bridgehead atoms. The number of ether oxygens (including phenoxy) is 2. The molecule has 1 aromatic heterocycles. The second kappa shape index (κ2) is 6.80. The average molecular weight is 274 g/mol. The van der Waals surface area contributed by atoms with Crippen LogP contribution in [0.4, 0.5) is 0 Å². The Morgan fingerprint density at radius 2 is 2.13 bits per heavy atom. The van der Waals surface area contributed by atoms with Gasteiger partial charge in [0, 0.05) is 12.8 Å². The Kier molecular flexibility index (Phi) is 5.65. The zero-order valence-corrected chi connectivity index (χ0v) is 10.7. The van der Waals surface area contributed by atoms with Crippen LogP contribution in [0.15, 0.2) is 16.7 Å². The Morgan fingerprint density at radius 1 is 1.33 bits per heavy atom. The molecule has 0 atom stereocenters. The van der Waals surface area contributed by atoms with E-state index in [1.165, 1.54) is 0 Å². The molecule has 1 aromatic rings. The van der Waals surface area contributed by atoms with Crippen LogP contribution in [0.5, 0.6) is 5.88 Å². The van der Waals surface area contributed by atoms with Crippen molar-refractivity contribution < 1.29 is 9.47 Å². The summed E-state index contributed by atoms with van der Waals surface area (Å²) in [5.74, 6) is 0.626. The van der Waals surface area contributed by atoms with Gasteiger partial charge in [-0.3, -0.25) is 0 Å². The van der Waals surface area contributed by atoms with E-state index in [1.54, 1.807) is 6.20 Å². The second-order valence-corrected chi connectivity index (χ2v) is 4.11. The maximum Gasteiger partial charge on any atom is 0.228 e. The summed E-state index contributed by atoms with van der Waals surface area (Å²) >= 11 is 3.40. The van der Waals surface area contributed by atoms with Crippen LogP contribution in [0.25, 0.3) is 0 Å². The quantitative estimate of drug-likeness (QED) is 0.747. The summed E-state index contributed by atoms with van der Waals surface area (Å²) in [7, 11) is 0. The molecule has 0 aromatic carbocycles. The molecule has 0 amide bonds. The fraction of sp³-hybridized carbons (Fsp3) is 0.545. The van der Waals surface area contributed by atoms with Gasteiger partial charge < -0.3 is 9.47 Å². The summed E-state index contributed by atoms with van der Waals surface area (Å²) in [6.07, 6.45) is 2.82. The minimum absolute atomic E-state index is 0.536. The summed E-state index contributed by atoms with van der Waals surface area (Å²) in [6.45, 7) is 6.00. The molecular formula is C11H16BrNO2. The van der Waals surface area contributed by atoms with Crippen LogP contribution in [0.1, 0.15) is 18.9 Å². The Morgan fingerprint density at radius 3 is 2.80 bits per heavy atom. The van der Waals surface area contributed by atoms with Crippen LogP contribution in [-0.2, 0) is 4.74 Å². The van der Waals surface area contributed by atoms with Gasteiger partial charge in [-0.2, -0.15) is 0 Å². The van der Waals surface area contributed by atoms with E-state index in [4.69, 9.17) is 9.47 Å². The van der Waals surface area contributed by atoms with Crippen molar-refractivity contribution in [2.45, 2.75) is 20.3 Å². The lowest BCUT2D eigenvalue weighted by atomic mass is 10.3. The standard InChI is InChI=1S/C11H16BrNO2/c1-3-4-14-5-6-15-11-10(12)7-9(2)8-13-11/h7-8H,3-6H2,1-2H3. The first-order valence-corrected chi connectivity index (χ1v) is 5.86. The number of aromatic nitrogens is 1. The first kappa shape index (κ1) is 12.5. The van der Waals surface area contributed by atoms with E-state index < -0.39 is 0 Å². The molecule has 0 saturated heterocycles. The number of hydrogen-bond donors (Lipinski definition) is 0. The fourth-order valence-corrected chi connectivity index (χ4v) is 1.65. The van der Waals surface area contributed by atoms with Crippen molar-refractivity contribution in [3.8, 4) is 5.88 Å². The molecule has 0 radical (unpaired) electrons. The third kappa shape index (κ3) is 4.62. The predicted molar refractivity (Wildman–Crippen MR) is 63.3 cm³/mol. The first-order valence-electron chi connectivity index (χ1n) is 5.06. The minimum atomic E-state index is 0.536. The Balaban J connectivity index is 2.31. The number of hydrogen-bond acceptors (Lipinski definition) is 3. The van der Waals surface area contributed by atoms with Gasteiger partial charge >= 0.3 is 0 Å². The van der Waals surface area contributed by atoms with E-state index in [2.05, 4.69) is 27.8 Å². The lowest BCUT2D eigenvalue weighted by molar-refractivity contribution is 0.0987. The number of halogens is 1. The summed E-state index contributed by atoms with van der Waals surface area (Å²) in [5, 5.41) is 0. The molecule has 3 nitrogen and oxygen atoms in total. The van der Waals surface area contributed by atoms with Crippen LogP contribution < -0.4 is 4.74 Å². The molecule has 1 rings (SSSR count). The summed E-state index contributed by atoms with van der Waals surface area (Å²) in [5.41, 5.74) is 1.11. The van der Waals surface area contributed by atoms with Gasteiger partial charge in [0.25, 0.3) is 0 Å². The van der Waals surface area contributed by atoms with E-state index in [0.717, 1.165) is 23.1 Å². The van der Waals surface area contributed by atoms with Gasteiger partial charge in [-0.1, -0.05) is 6.92 Å². The molecule has 0 aliphatic rings. The first-order chi connectivity index (χ1) is 7.24. The molecule has 4 heteroatoms. The maximum atomic E-state index is 5.46. The van der Waals surface area contributed by atoms with Gasteiger partial charge in [0.15, 0.2) is 0 Å². The van der Waals surface area contributed by atoms with Crippen molar-refractivity contribution >= 4 is 15.9 Å². The third-order valence-corrected chi connectivity index (χ3v) is 2.33. The smallest absolute Gasteiger partial charge is 0.228 e. The van der Waals surface area contributed by atoms with E-state index in [9.17, 15) is 0 Å². The fourth-order valence-electron chi connectivity index (χ4n) is 1.07. The SMILES string of the molecule is CCCOCCOc1ncc(C)cc1Br. The molecule has 0 unspecified atom stereocenters. The van der Waals surface area contributed by atoms with Crippen LogP contribution in [0.2, 0.25) is 0 Å². The average Bonchev–Trinajstić information content (AvgIpc) is 2.20. The minimum Gasteiger partial charge on any atom is -0.474 e. The number of aryl methyl sites for hydroxylation is 1. The third-order valence-electron chi connectivity index (χ3n) is 1.76. The number of pyridine rings is 1. The molecule has 0 N–H and O–H groups in total. The summed E-state index contributed by atoms with van der Waals surface area (Å²) in [6, 6.07) is 1.98. The van der Waals surface area contributed by atoms with Gasteiger partial charge in [-0.05, 0) is 40.9 Å². The summed E-state index contributed by atoms with van der Waals surface area (Å²) < 4.78 is 11.6. The Labute approximate surface area is 98.9 Å². The zero-order chi connectivity index (χ0) is 11.1. The zero-order valence-electron chi connectivity index (χ0n) is 9.12.